The van der Waals surface area contributed by atoms with Crippen molar-refractivity contribution in [2.45, 2.75) is 31.4 Å². The van der Waals surface area contributed by atoms with Crippen LogP contribution < -0.4 is 10.2 Å². The lowest BCUT2D eigenvalue weighted by atomic mass is 9.99. The summed E-state index contributed by atoms with van der Waals surface area (Å²) in [6.07, 6.45) is -2.72. The van der Waals surface area contributed by atoms with E-state index in [4.69, 9.17) is 4.98 Å². The van der Waals surface area contributed by atoms with Gasteiger partial charge in [-0.15, -0.1) is 0 Å². The van der Waals surface area contributed by atoms with Crippen LogP contribution in [-0.2, 0) is 17.4 Å². The fraction of sp³-hybridized carbons (Fsp3) is 0.241. The number of benzene rings is 3. The molecule has 0 saturated carbocycles. The molecule has 2 heterocycles. The Kier molecular flexibility index (Phi) is 6.63. The standard InChI is InChI=1S/C29H26F3N3O/c30-29(31,32)24-10-6-20(7-11-24)8-15-28(36)33-25-12-13-26-22(18-25)9-14-27(34-26)35-17-16-23(19-35)21-4-2-1-3-5-21/h1-7,9-14,18,23H,8,15-17,19H2,(H,33,36)/t23-/m0/s1. The van der Waals surface area contributed by atoms with Crippen molar-refractivity contribution >= 4 is 28.3 Å². The van der Waals surface area contributed by atoms with E-state index in [2.05, 4.69) is 34.5 Å². The summed E-state index contributed by atoms with van der Waals surface area (Å²) in [6, 6.07) is 25.1. The number of amides is 1. The Hall–Kier alpha value is -3.87. The predicted octanol–water partition coefficient (Wildman–Crippen LogP) is 6.82. The van der Waals surface area contributed by atoms with Crippen LogP contribution in [0.15, 0.2) is 84.9 Å². The minimum atomic E-state index is -4.36. The summed E-state index contributed by atoms with van der Waals surface area (Å²) in [5, 5.41) is 3.81. The number of carbonyl (C=O) groups is 1. The quantitative estimate of drug-likeness (QED) is 0.323. The lowest BCUT2D eigenvalue weighted by Crippen LogP contribution is -2.20. The molecule has 184 valence electrons. The van der Waals surface area contributed by atoms with Crippen LogP contribution in [0.25, 0.3) is 10.9 Å². The number of aryl methyl sites for hydroxylation is 1. The van der Waals surface area contributed by atoms with E-state index in [0.29, 0.717) is 23.6 Å². The largest absolute Gasteiger partial charge is 0.416 e. The van der Waals surface area contributed by atoms with Gasteiger partial charge >= 0.3 is 6.18 Å². The molecule has 1 aliphatic heterocycles. The SMILES string of the molecule is O=C(CCc1ccc(C(F)(F)F)cc1)Nc1ccc2nc(N3CC[C@H](c4ccccc4)C3)ccc2c1. The van der Waals surface area contributed by atoms with E-state index in [1.807, 2.05) is 36.4 Å². The third-order valence-corrected chi connectivity index (χ3v) is 6.66. The van der Waals surface area contributed by atoms with Gasteiger partial charge in [-0.25, -0.2) is 4.98 Å². The number of halogens is 3. The summed E-state index contributed by atoms with van der Waals surface area (Å²) >= 11 is 0. The van der Waals surface area contributed by atoms with Gasteiger partial charge in [-0.2, -0.15) is 13.2 Å². The van der Waals surface area contributed by atoms with E-state index in [1.165, 1.54) is 17.7 Å². The molecule has 1 aliphatic rings. The number of nitrogens with zero attached hydrogens (tertiary/aromatic N) is 2. The normalized spacial score (nSPS) is 15.9. The van der Waals surface area contributed by atoms with Gasteiger partial charge in [-0.05, 0) is 66.4 Å². The highest BCUT2D eigenvalue weighted by atomic mass is 19.4. The first-order chi connectivity index (χ1) is 17.3. The van der Waals surface area contributed by atoms with Crippen molar-refractivity contribution in [1.29, 1.82) is 0 Å². The van der Waals surface area contributed by atoms with E-state index in [1.54, 1.807) is 0 Å². The van der Waals surface area contributed by atoms with Gasteiger partial charge in [0, 0.05) is 36.5 Å². The van der Waals surface area contributed by atoms with Crippen LogP contribution in [0.4, 0.5) is 24.7 Å². The van der Waals surface area contributed by atoms with Gasteiger partial charge < -0.3 is 10.2 Å². The Morgan fingerprint density at radius 2 is 1.75 bits per heavy atom. The summed E-state index contributed by atoms with van der Waals surface area (Å²) in [5.41, 5.74) is 2.88. The smallest absolute Gasteiger partial charge is 0.356 e. The second-order valence-corrected chi connectivity index (χ2v) is 9.16. The molecule has 5 rings (SSSR count). The Bertz CT molecular complexity index is 1350. The third-order valence-electron chi connectivity index (χ3n) is 6.66. The molecular weight excluding hydrogens is 463 g/mol. The maximum absolute atomic E-state index is 12.7. The molecule has 1 N–H and O–H groups in total. The molecule has 7 heteroatoms. The van der Waals surface area contributed by atoms with Crippen molar-refractivity contribution in [2.75, 3.05) is 23.3 Å². The topological polar surface area (TPSA) is 45.2 Å². The van der Waals surface area contributed by atoms with Crippen LogP contribution in [0, 0.1) is 0 Å². The molecule has 1 atom stereocenters. The van der Waals surface area contributed by atoms with Crippen LogP contribution in [0.3, 0.4) is 0 Å². The molecule has 36 heavy (non-hydrogen) atoms. The van der Waals surface area contributed by atoms with Crippen LogP contribution in [0.1, 0.15) is 35.4 Å². The number of aromatic nitrogens is 1. The van der Waals surface area contributed by atoms with Crippen LogP contribution >= 0.6 is 0 Å². The van der Waals surface area contributed by atoms with Crippen LogP contribution in [0.5, 0.6) is 0 Å². The van der Waals surface area contributed by atoms with Gasteiger partial charge in [0.25, 0.3) is 0 Å². The van der Waals surface area contributed by atoms with E-state index >= 15 is 0 Å². The molecule has 0 spiro atoms. The first kappa shape index (κ1) is 23.9. The van der Waals surface area contributed by atoms with Gasteiger partial charge in [-0.3, -0.25) is 4.79 Å². The third kappa shape index (κ3) is 5.51. The molecular formula is C29H26F3N3O. The average Bonchev–Trinajstić information content (AvgIpc) is 3.38. The lowest BCUT2D eigenvalue weighted by Gasteiger charge is -2.18. The molecule has 0 unspecified atom stereocenters. The van der Waals surface area contributed by atoms with Gasteiger partial charge in [0.15, 0.2) is 0 Å². The van der Waals surface area contributed by atoms with Gasteiger partial charge in [-0.1, -0.05) is 42.5 Å². The van der Waals surface area contributed by atoms with Crippen molar-refractivity contribution in [1.82, 2.24) is 4.98 Å². The fourth-order valence-corrected chi connectivity index (χ4v) is 4.68. The minimum absolute atomic E-state index is 0.179. The summed E-state index contributed by atoms with van der Waals surface area (Å²) < 4.78 is 38.1. The summed E-state index contributed by atoms with van der Waals surface area (Å²) in [6.45, 7) is 1.90. The number of hydrogen-bond donors (Lipinski definition) is 1. The Morgan fingerprint density at radius 1 is 0.972 bits per heavy atom. The zero-order valence-electron chi connectivity index (χ0n) is 19.6. The van der Waals surface area contributed by atoms with Crippen molar-refractivity contribution in [3.63, 3.8) is 0 Å². The number of fused-ring (bicyclic) bond motifs is 1. The van der Waals surface area contributed by atoms with Crippen LogP contribution in [0.2, 0.25) is 0 Å². The van der Waals surface area contributed by atoms with Crippen molar-refractivity contribution in [3.05, 3.63) is 102 Å². The molecule has 4 nitrogen and oxygen atoms in total. The second kappa shape index (κ2) is 10.0. The Labute approximate surface area is 207 Å². The monoisotopic (exact) mass is 489 g/mol. The lowest BCUT2D eigenvalue weighted by molar-refractivity contribution is -0.137. The highest BCUT2D eigenvalue weighted by Gasteiger charge is 2.30. The molecule has 1 fully saturated rings. The number of pyridine rings is 1. The Balaban J connectivity index is 1.19. The molecule has 4 aromatic rings. The number of carbonyl (C=O) groups excluding carboxylic acids is 1. The molecule has 3 aromatic carbocycles. The van der Waals surface area contributed by atoms with Gasteiger partial charge in [0.2, 0.25) is 5.91 Å². The fourth-order valence-electron chi connectivity index (χ4n) is 4.68. The van der Waals surface area contributed by atoms with Crippen molar-refractivity contribution < 1.29 is 18.0 Å². The zero-order valence-corrected chi connectivity index (χ0v) is 19.6. The highest BCUT2D eigenvalue weighted by molar-refractivity contribution is 5.94. The molecule has 0 bridgehead atoms. The average molecular weight is 490 g/mol. The summed E-state index contributed by atoms with van der Waals surface area (Å²) in [4.78, 5) is 19.6. The predicted molar refractivity (Wildman–Crippen MR) is 136 cm³/mol. The number of nitrogens with one attached hydrogen (secondary N) is 1. The van der Waals surface area contributed by atoms with Crippen molar-refractivity contribution in [2.24, 2.45) is 0 Å². The molecule has 0 radical (unpaired) electrons. The van der Waals surface area contributed by atoms with Gasteiger partial charge in [0.05, 0.1) is 11.1 Å². The maximum Gasteiger partial charge on any atom is 0.416 e. The number of rotatable bonds is 6. The first-order valence-corrected chi connectivity index (χ1v) is 12.0. The van der Waals surface area contributed by atoms with E-state index < -0.39 is 11.7 Å². The summed E-state index contributed by atoms with van der Waals surface area (Å²) in [5.74, 6) is 1.26. The van der Waals surface area contributed by atoms with E-state index in [-0.39, 0.29) is 12.3 Å². The molecule has 1 amide bonds. The number of alkyl halides is 3. The van der Waals surface area contributed by atoms with E-state index in [9.17, 15) is 18.0 Å². The minimum Gasteiger partial charge on any atom is -0.356 e. The number of anilines is 2. The second-order valence-electron chi connectivity index (χ2n) is 9.16. The van der Waals surface area contributed by atoms with Crippen LogP contribution in [-0.4, -0.2) is 24.0 Å². The molecule has 1 aromatic heterocycles. The Morgan fingerprint density at radius 3 is 2.50 bits per heavy atom. The molecule has 1 saturated heterocycles. The van der Waals surface area contributed by atoms with E-state index in [0.717, 1.165) is 48.4 Å². The first-order valence-electron chi connectivity index (χ1n) is 12.0. The zero-order chi connectivity index (χ0) is 25.1. The number of hydrogen-bond acceptors (Lipinski definition) is 3. The summed E-state index contributed by atoms with van der Waals surface area (Å²) in [7, 11) is 0. The van der Waals surface area contributed by atoms with Crippen molar-refractivity contribution in [3.8, 4) is 0 Å². The highest BCUT2D eigenvalue weighted by Crippen LogP contribution is 2.31. The maximum atomic E-state index is 12.7. The van der Waals surface area contributed by atoms with Gasteiger partial charge in [0.1, 0.15) is 5.82 Å². The molecule has 0 aliphatic carbocycles.